The summed E-state index contributed by atoms with van der Waals surface area (Å²) in [6.07, 6.45) is 5.11. The number of piperidine rings is 1. The smallest absolute Gasteiger partial charge is 0.257 e. The number of hydrogen-bond acceptors (Lipinski definition) is 5. The van der Waals surface area contributed by atoms with Crippen molar-refractivity contribution in [2.75, 3.05) is 44.8 Å². The Balaban J connectivity index is 1.85. The van der Waals surface area contributed by atoms with Gasteiger partial charge in [0.05, 0.1) is 23.9 Å². The van der Waals surface area contributed by atoms with Crippen LogP contribution in [0.15, 0.2) is 18.3 Å². The van der Waals surface area contributed by atoms with Crippen molar-refractivity contribution in [2.45, 2.75) is 44.8 Å². The highest BCUT2D eigenvalue weighted by Gasteiger charge is 2.35. The molecule has 0 bridgehead atoms. The fourth-order valence-corrected chi connectivity index (χ4v) is 3.81. The minimum absolute atomic E-state index is 0.0336. The van der Waals surface area contributed by atoms with E-state index >= 15 is 0 Å². The van der Waals surface area contributed by atoms with Gasteiger partial charge in [0.25, 0.3) is 5.91 Å². The van der Waals surface area contributed by atoms with E-state index in [9.17, 15) is 4.79 Å². The highest BCUT2D eigenvalue weighted by molar-refractivity contribution is 5.99. The van der Waals surface area contributed by atoms with E-state index in [1.807, 2.05) is 17.0 Å². The normalized spacial score (nSPS) is 23.6. The number of carbonyl (C=O) groups is 1. The van der Waals surface area contributed by atoms with Crippen LogP contribution in [0.2, 0.25) is 0 Å². The predicted molar refractivity (Wildman–Crippen MR) is 97.0 cm³/mol. The van der Waals surface area contributed by atoms with E-state index in [0.29, 0.717) is 25.3 Å². The molecule has 3 heterocycles. The zero-order valence-electron chi connectivity index (χ0n) is 15.5. The second kappa shape index (κ2) is 7.70. The quantitative estimate of drug-likeness (QED) is 0.837. The fraction of sp³-hybridized carbons (Fsp3) is 0.684. The molecule has 0 N–H and O–H groups in total. The molecule has 6 heteroatoms. The fourth-order valence-electron chi connectivity index (χ4n) is 3.81. The molecule has 0 aliphatic carbocycles. The maximum Gasteiger partial charge on any atom is 0.257 e. The van der Waals surface area contributed by atoms with Crippen LogP contribution < -0.4 is 4.90 Å². The second-order valence-electron chi connectivity index (χ2n) is 7.56. The maximum atomic E-state index is 13.0. The van der Waals surface area contributed by atoms with Crippen LogP contribution in [-0.2, 0) is 9.47 Å². The van der Waals surface area contributed by atoms with E-state index in [4.69, 9.17) is 9.47 Å². The molecule has 6 nitrogen and oxygen atoms in total. The summed E-state index contributed by atoms with van der Waals surface area (Å²) in [7, 11) is 1.68. The van der Waals surface area contributed by atoms with Gasteiger partial charge in [-0.2, -0.15) is 0 Å². The van der Waals surface area contributed by atoms with Gasteiger partial charge >= 0.3 is 0 Å². The lowest BCUT2D eigenvalue weighted by Crippen LogP contribution is -2.54. The number of anilines is 1. The van der Waals surface area contributed by atoms with Crippen LogP contribution in [0.25, 0.3) is 0 Å². The molecule has 0 radical (unpaired) electrons. The number of aromatic nitrogens is 1. The van der Waals surface area contributed by atoms with Crippen molar-refractivity contribution in [2.24, 2.45) is 0 Å². The average Bonchev–Trinajstić information content (AvgIpc) is 2.61. The average molecular weight is 347 g/mol. The minimum Gasteiger partial charge on any atom is -0.382 e. The topological polar surface area (TPSA) is 54.9 Å². The Bertz CT molecular complexity index is 599. The van der Waals surface area contributed by atoms with Gasteiger partial charge < -0.3 is 19.3 Å². The van der Waals surface area contributed by atoms with Crippen molar-refractivity contribution in [1.29, 1.82) is 0 Å². The van der Waals surface area contributed by atoms with Crippen LogP contribution in [0.4, 0.5) is 5.82 Å². The summed E-state index contributed by atoms with van der Waals surface area (Å²) in [4.78, 5) is 21.7. The largest absolute Gasteiger partial charge is 0.382 e. The third-order valence-electron chi connectivity index (χ3n) is 4.79. The summed E-state index contributed by atoms with van der Waals surface area (Å²) in [5.74, 6) is 0.853. The van der Waals surface area contributed by atoms with Crippen LogP contribution in [0, 0.1) is 0 Å². The van der Waals surface area contributed by atoms with Crippen molar-refractivity contribution in [3.05, 3.63) is 23.9 Å². The molecule has 1 amide bonds. The number of morpholine rings is 1. The van der Waals surface area contributed by atoms with E-state index in [1.54, 1.807) is 13.3 Å². The standard InChI is InChI=1S/C19H29N3O3/c1-19(2)14-22(12-15(25-19)13-24-3)17-16(8-7-9-20-17)18(23)21-10-5-4-6-11-21/h7-9,15H,4-6,10-14H2,1-3H3/t15-/m0/s1. The molecular formula is C19H29N3O3. The molecule has 0 unspecified atom stereocenters. The monoisotopic (exact) mass is 347 g/mol. The number of rotatable bonds is 4. The van der Waals surface area contributed by atoms with E-state index in [0.717, 1.165) is 31.7 Å². The first kappa shape index (κ1) is 18.1. The Labute approximate surface area is 150 Å². The van der Waals surface area contributed by atoms with Crippen LogP contribution in [0.5, 0.6) is 0 Å². The van der Waals surface area contributed by atoms with Crippen LogP contribution in [-0.4, -0.2) is 67.4 Å². The Kier molecular flexibility index (Phi) is 5.59. The lowest BCUT2D eigenvalue weighted by atomic mass is 10.0. The van der Waals surface area contributed by atoms with E-state index < -0.39 is 0 Å². The van der Waals surface area contributed by atoms with Gasteiger partial charge in [-0.3, -0.25) is 4.79 Å². The Morgan fingerprint density at radius 2 is 2.12 bits per heavy atom. The summed E-state index contributed by atoms with van der Waals surface area (Å²) < 4.78 is 11.4. The number of likely N-dealkylation sites (tertiary alicyclic amines) is 1. The lowest BCUT2D eigenvalue weighted by Gasteiger charge is -2.43. The highest BCUT2D eigenvalue weighted by atomic mass is 16.5. The Hall–Kier alpha value is -1.66. The van der Waals surface area contributed by atoms with Crippen molar-refractivity contribution >= 4 is 11.7 Å². The molecule has 0 saturated carbocycles. The molecule has 0 aromatic carbocycles. The number of pyridine rings is 1. The molecule has 138 valence electrons. The molecular weight excluding hydrogens is 318 g/mol. The lowest BCUT2D eigenvalue weighted by molar-refractivity contribution is -0.106. The SMILES string of the molecule is COC[C@@H]1CN(c2ncccc2C(=O)N2CCCCC2)CC(C)(C)O1. The summed E-state index contributed by atoms with van der Waals surface area (Å²) in [6.45, 7) is 7.72. The van der Waals surface area contributed by atoms with Gasteiger partial charge in [0.1, 0.15) is 5.82 Å². The first-order chi connectivity index (χ1) is 12.0. The van der Waals surface area contributed by atoms with Gasteiger partial charge in [0, 0.05) is 39.5 Å². The van der Waals surface area contributed by atoms with Gasteiger partial charge in [0.2, 0.25) is 0 Å². The molecule has 1 aromatic rings. The molecule has 1 atom stereocenters. The van der Waals surface area contributed by atoms with E-state index in [1.165, 1.54) is 6.42 Å². The van der Waals surface area contributed by atoms with Gasteiger partial charge in [-0.15, -0.1) is 0 Å². The second-order valence-corrected chi connectivity index (χ2v) is 7.56. The predicted octanol–water partition coefficient (Wildman–Crippen LogP) is 2.34. The summed E-state index contributed by atoms with van der Waals surface area (Å²) in [5.41, 5.74) is 0.378. The third kappa shape index (κ3) is 4.30. The molecule has 2 aliphatic rings. The van der Waals surface area contributed by atoms with Gasteiger partial charge in [-0.05, 0) is 45.2 Å². The molecule has 1 aromatic heterocycles. The molecule has 2 fully saturated rings. The Morgan fingerprint density at radius 1 is 1.36 bits per heavy atom. The first-order valence-electron chi connectivity index (χ1n) is 9.16. The molecule has 2 aliphatic heterocycles. The molecule has 0 spiro atoms. The summed E-state index contributed by atoms with van der Waals surface area (Å²) in [6, 6.07) is 3.74. The van der Waals surface area contributed by atoms with Gasteiger partial charge in [-0.25, -0.2) is 4.98 Å². The number of methoxy groups -OCH3 is 1. The number of amides is 1. The summed E-state index contributed by atoms with van der Waals surface area (Å²) in [5, 5.41) is 0. The number of ether oxygens (including phenoxy) is 2. The number of carbonyl (C=O) groups excluding carboxylic acids is 1. The zero-order valence-corrected chi connectivity index (χ0v) is 15.5. The zero-order chi connectivity index (χ0) is 17.9. The van der Waals surface area contributed by atoms with E-state index in [-0.39, 0.29) is 17.6 Å². The highest BCUT2D eigenvalue weighted by Crippen LogP contribution is 2.28. The van der Waals surface area contributed by atoms with Gasteiger partial charge in [0.15, 0.2) is 0 Å². The van der Waals surface area contributed by atoms with Crippen molar-refractivity contribution in [1.82, 2.24) is 9.88 Å². The molecule has 25 heavy (non-hydrogen) atoms. The van der Waals surface area contributed by atoms with Crippen molar-refractivity contribution in [3.63, 3.8) is 0 Å². The van der Waals surface area contributed by atoms with Crippen molar-refractivity contribution in [3.8, 4) is 0 Å². The first-order valence-corrected chi connectivity index (χ1v) is 9.16. The minimum atomic E-state index is -0.315. The molecule has 3 rings (SSSR count). The van der Waals surface area contributed by atoms with Crippen LogP contribution in [0.3, 0.4) is 0 Å². The number of nitrogens with zero attached hydrogens (tertiary/aromatic N) is 3. The maximum absolute atomic E-state index is 13.0. The number of hydrogen-bond donors (Lipinski definition) is 0. The van der Waals surface area contributed by atoms with Crippen LogP contribution >= 0.6 is 0 Å². The molecule has 2 saturated heterocycles. The van der Waals surface area contributed by atoms with Crippen LogP contribution in [0.1, 0.15) is 43.5 Å². The van der Waals surface area contributed by atoms with Gasteiger partial charge in [-0.1, -0.05) is 0 Å². The Morgan fingerprint density at radius 3 is 2.84 bits per heavy atom. The van der Waals surface area contributed by atoms with Crippen molar-refractivity contribution < 1.29 is 14.3 Å². The third-order valence-corrected chi connectivity index (χ3v) is 4.79. The van der Waals surface area contributed by atoms with E-state index in [2.05, 4.69) is 23.7 Å². The summed E-state index contributed by atoms with van der Waals surface area (Å²) >= 11 is 0.